The van der Waals surface area contributed by atoms with Gasteiger partial charge in [-0.3, -0.25) is 5.10 Å². The van der Waals surface area contributed by atoms with Crippen LogP contribution in [0, 0.1) is 0 Å². The number of hydrogen-bond donors (Lipinski definition) is 2. The number of aromatic nitrogens is 4. The molecule has 2 N–H and O–H groups in total. The molecule has 0 bridgehead atoms. The first-order valence-electron chi connectivity index (χ1n) is 6.92. The summed E-state index contributed by atoms with van der Waals surface area (Å²) in [6.07, 6.45) is 2.78. The first-order valence-corrected chi connectivity index (χ1v) is 6.92. The van der Waals surface area contributed by atoms with E-state index in [1.807, 2.05) is 42.6 Å². The van der Waals surface area contributed by atoms with Gasteiger partial charge in [0.25, 0.3) is 0 Å². The third-order valence-electron chi connectivity index (χ3n) is 3.60. The standard InChI is InChI=1S/C17H14N4/c1-2-6-12(7-3-1)17-19-16(20-21-17)10-13-11-18-15-9-5-4-8-14(13)15/h1-9,11,18H,10H2,(H,19,20,21). The van der Waals surface area contributed by atoms with E-state index in [9.17, 15) is 0 Å². The van der Waals surface area contributed by atoms with Crippen molar-refractivity contribution in [2.45, 2.75) is 6.42 Å². The first-order chi connectivity index (χ1) is 10.4. The Balaban J connectivity index is 1.65. The van der Waals surface area contributed by atoms with Crippen molar-refractivity contribution >= 4 is 10.9 Å². The van der Waals surface area contributed by atoms with Crippen LogP contribution in [0.25, 0.3) is 22.3 Å². The molecule has 4 rings (SSSR count). The van der Waals surface area contributed by atoms with Gasteiger partial charge in [0.1, 0.15) is 5.82 Å². The van der Waals surface area contributed by atoms with Gasteiger partial charge in [0.05, 0.1) is 0 Å². The summed E-state index contributed by atoms with van der Waals surface area (Å²) in [7, 11) is 0. The lowest BCUT2D eigenvalue weighted by atomic mass is 10.1. The number of aromatic amines is 2. The number of hydrogen-bond acceptors (Lipinski definition) is 2. The SMILES string of the molecule is c1ccc(-c2n[nH]c(Cc3c[nH]c4ccccc34)n2)cc1. The number of nitrogens with one attached hydrogen (secondary N) is 2. The minimum Gasteiger partial charge on any atom is -0.361 e. The number of fused-ring (bicyclic) bond motifs is 1. The molecule has 21 heavy (non-hydrogen) atoms. The van der Waals surface area contributed by atoms with Gasteiger partial charge in [0, 0.05) is 29.1 Å². The summed E-state index contributed by atoms with van der Waals surface area (Å²) < 4.78 is 0. The van der Waals surface area contributed by atoms with E-state index in [0.29, 0.717) is 0 Å². The molecule has 0 fully saturated rings. The van der Waals surface area contributed by atoms with Crippen LogP contribution in [0.2, 0.25) is 0 Å². The van der Waals surface area contributed by atoms with Gasteiger partial charge in [-0.15, -0.1) is 0 Å². The second-order valence-electron chi connectivity index (χ2n) is 5.01. The molecule has 4 aromatic rings. The Bertz CT molecular complexity index is 874. The minimum atomic E-state index is 0.740. The maximum Gasteiger partial charge on any atom is 0.181 e. The average Bonchev–Trinajstić information content (AvgIpc) is 3.17. The van der Waals surface area contributed by atoms with E-state index in [4.69, 9.17) is 0 Å². The molecule has 0 spiro atoms. The van der Waals surface area contributed by atoms with Crippen LogP contribution >= 0.6 is 0 Å². The normalized spacial score (nSPS) is 11.0. The summed E-state index contributed by atoms with van der Waals surface area (Å²) in [6, 6.07) is 18.3. The molecule has 4 nitrogen and oxygen atoms in total. The van der Waals surface area contributed by atoms with Crippen molar-refractivity contribution in [3.05, 3.63) is 72.2 Å². The number of H-pyrrole nitrogens is 2. The molecular weight excluding hydrogens is 260 g/mol. The number of rotatable bonds is 3. The lowest BCUT2D eigenvalue weighted by Crippen LogP contribution is -1.89. The predicted molar refractivity (Wildman–Crippen MR) is 82.9 cm³/mol. The maximum absolute atomic E-state index is 4.58. The zero-order valence-corrected chi connectivity index (χ0v) is 11.4. The van der Waals surface area contributed by atoms with E-state index in [2.05, 4.69) is 38.4 Å². The van der Waals surface area contributed by atoms with E-state index in [0.717, 1.165) is 29.1 Å². The van der Waals surface area contributed by atoms with Gasteiger partial charge in [-0.2, -0.15) is 5.10 Å². The smallest absolute Gasteiger partial charge is 0.181 e. The highest BCUT2D eigenvalue weighted by Gasteiger charge is 2.09. The maximum atomic E-state index is 4.58. The van der Waals surface area contributed by atoms with E-state index in [1.165, 1.54) is 10.9 Å². The lowest BCUT2D eigenvalue weighted by molar-refractivity contribution is 0.977. The summed E-state index contributed by atoms with van der Waals surface area (Å²) in [4.78, 5) is 7.87. The average molecular weight is 274 g/mol. The Morgan fingerprint density at radius 1 is 0.905 bits per heavy atom. The van der Waals surface area contributed by atoms with Crippen LogP contribution in [0.15, 0.2) is 60.8 Å². The lowest BCUT2D eigenvalue weighted by Gasteiger charge is -1.95. The fourth-order valence-corrected chi connectivity index (χ4v) is 2.55. The summed E-state index contributed by atoms with van der Waals surface area (Å²) >= 11 is 0. The quantitative estimate of drug-likeness (QED) is 0.600. The zero-order chi connectivity index (χ0) is 14.1. The van der Waals surface area contributed by atoms with Gasteiger partial charge >= 0.3 is 0 Å². The van der Waals surface area contributed by atoms with Crippen LogP contribution < -0.4 is 0 Å². The third kappa shape index (κ3) is 2.21. The van der Waals surface area contributed by atoms with Crippen LogP contribution in [-0.4, -0.2) is 20.2 Å². The van der Waals surface area contributed by atoms with Gasteiger partial charge in [-0.25, -0.2) is 4.98 Å². The second-order valence-corrected chi connectivity index (χ2v) is 5.01. The second kappa shape index (κ2) is 4.90. The van der Waals surface area contributed by atoms with Crippen LogP contribution in [0.3, 0.4) is 0 Å². The Morgan fingerprint density at radius 2 is 1.71 bits per heavy atom. The molecule has 4 heteroatoms. The molecule has 0 radical (unpaired) electrons. The van der Waals surface area contributed by atoms with Gasteiger partial charge in [-0.1, -0.05) is 48.5 Å². The highest BCUT2D eigenvalue weighted by Crippen LogP contribution is 2.20. The van der Waals surface area contributed by atoms with E-state index in [1.54, 1.807) is 0 Å². The van der Waals surface area contributed by atoms with Gasteiger partial charge in [-0.05, 0) is 11.6 Å². The Labute approximate surface area is 121 Å². The van der Waals surface area contributed by atoms with Crippen LogP contribution in [0.4, 0.5) is 0 Å². The molecule has 0 saturated heterocycles. The van der Waals surface area contributed by atoms with Crippen molar-refractivity contribution in [2.75, 3.05) is 0 Å². The largest absolute Gasteiger partial charge is 0.361 e. The van der Waals surface area contributed by atoms with E-state index < -0.39 is 0 Å². The summed E-state index contributed by atoms with van der Waals surface area (Å²) in [5.74, 6) is 1.61. The van der Waals surface area contributed by atoms with Crippen molar-refractivity contribution in [3.63, 3.8) is 0 Å². The molecule has 2 aromatic carbocycles. The number of nitrogens with zero attached hydrogens (tertiary/aromatic N) is 2. The predicted octanol–water partition coefficient (Wildman–Crippen LogP) is 3.54. The topological polar surface area (TPSA) is 57.4 Å². The van der Waals surface area contributed by atoms with Crippen molar-refractivity contribution < 1.29 is 0 Å². The Hall–Kier alpha value is -2.88. The third-order valence-corrected chi connectivity index (χ3v) is 3.60. The first kappa shape index (κ1) is 11.9. The number of para-hydroxylation sites is 1. The van der Waals surface area contributed by atoms with Gasteiger partial charge in [0.15, 0.2) is 5.82 Å². The van der Waals surface area contributed by atoms with Gasteiger partial charge < -0.3 is 4.98 Å². The highest BCUT2D eigenvalue weighted by atomic mass is 15.2. The van der Waals surface area contributed by atoms with Crippen LogP contribution in [0.5, 0.6) is 0 Å². The molecule has 0 aliphatic heterocycles. The molecule has 0 saturated carbocycles. The Kier molecular flexibility index (Phi) is 2.78. The fraction of sp³-hybridized carbons (Fsp3) is 0.0588. The van der Waals surface area contributed by atoms with Crippen molar-refractivity contribution in [3.8, 4) is 11.4 Å². The summed E-state index contributed by atoms with van der Waals surface area (Å²) in [5, 5.41) is 8.56. The van der Waals surface area contributed by atoms with Gasteiger partial charge in [0.2, 0.25) is 0 Å². The molecule has 2 heterocycles. The highest BCUT2D eigenvalue weighted by molar-refractivity contribution is 5.83. The molecular formula is C17H14N4. The van der Waals surface area contributed by atoms with Crippen LogP contribution in [0.1, 0.15) is 11.4 Å². The molecule has 102 valence electrons. The molecule has 0 aliphatic rings. The zero-order valence-electron chi connectivity index (χ0n) is 11.4. The van der Waals surface area contributed by atoms with E-state index in [-0.39, 0.29) is 0 Å². The molecule has 2 aromatic heterocycles. The molecule has 0 amide bonds. The van der Waals surface area contributed by atoms with Crippen LogP contribution in [-0.2, 0) is 6.42 Å². The van der Waals surface area contributed by atoms with Crippen molar-refractivity contribution in [2.24, 2.45) is 0 Å². The fourth-order valence-electron chi connectivity index (χ4n) is 2.55. The van der Waals surface area contributed by atoms with Crippen molar-refractivity contribution in [1.29, 1.82) is 0 Å². The summed E-state index contributed by atoms with van der Waals surface area (Å²) in [5.41, 5.74) is 3.40. The molecule has 0 aliphatic carbocycles. The number of benzene rings is 2. The Morgan fingerprint density at radius 3 is 2.62 bits per heavy atom. The molecule has 0 atom stereocenters. The minimum absolute atomic E-state index is 0.740. The van der Waals surface area contributed by atoms with E-state index >= 15 is 0 Å². The van der Waals surface area contributed by atoms with Crippen molar-refractivity contribution in [1.82, 2.24) is 20.2 Å². The summed E-state index contributed by atoms with van der Waals surface area (Å²) in [6.45, 7) is 0. The molecule has 0 unspecified atom stereocenters. The monoisotopic (exact) mass is 274 g/mol.